The smallest absolute Gasteiger partial charge is 0.252 e. The highest BCUT2D eigenvalue weighted by molar-refractivity contribution is 7.26. The van der Waals surface area contributed by atoms with Crippen molar-refractivity contribution in [3.63, 3.8) is 0 Å². The van der Waals surface area contributed by atoms with E-state index in [4.69, 9.17) is 0 Å². The van der Waals surface area contributed by atoms with Gasteiger partial charge in [0.05, 0.1) is 15.9 Å². The molecular formula is C65H52BN3S2. The van der Waals surface area contributed by atoms with Gasteiger partial charge in [0.1, 0.15) is 0 Å². The Morgan fingerprint density at radius 3 is 1.90 bits per heavy atom. The number of hydrogen-bond donors (Lipinski definition) is 0. The second-order valence-electron chi connectivity index (χ2n) is 21.4. The van der Waals surface area contributed by atoms with Gasteiger partial charge in [-0.15, -0.1) is 22.7 Å². The molecule has 5 heterocycles. The van der Waals surface area contributed by atoms with Crippen LogP contribution >= 0.6 is 22.7 Å². The van der Waals surface area contributed by atoms with Crippen molar-refractivity contribution in [1.29, 1.82) is 0 Å². The molecule has 9 aromatic carbocycles. The molecule has 0 amide bonds. The summed E-state index contributed by atoms with van der Waals surface area (Å²) < 4.78 is 5.28. The number of rotatable bonds is 4. The average molecular weight is 950 g/mol. The van der Waals surface area contributed by atoms with Gasteiger partial charge in [-0.2, -0.15) is 0 Å². The van der Waals surface area contributed by atoms with E-state index in [1.54, 1.807) is 5.56 Å². The first-order valence-electron chi connectivity index (χ1n) is 25.5. The van der Waals surface area contributed by atoms with Crippen LogP contribution in [0.25, 0.3) is 51.5 Å². The van der Waals surface area contributed by atoms with Gasteiger partial charge in [0.15, 0.2) is 0 Å². The molecule has 1 saturated carbocycles. The van der Waals surface area contributed by atoms with Crippen molar-refractivity contribution in [1.82, 2.24) is 0 Å². The van der Waals surface area contributed by atoms with Crippen molar-refractivity contribution in [2.75, 3.05) is 14.7 Å². The first-order chi connectivity index (χ1) is 34.7. The first-order valence-corrected chi connectivity index (χ1v) is 27.1. The summed E-state index contributed by atoms with van der Waals surface area (Å²) in [7, 11) is 0. The zero-order chi connectivity index (χ0) is 47.5. The summed E-state index contributed by atoms with van der Waals surface area (Å²) in [6.07, 6.45) is 4.87. The largest absolute Gasteiger partial charge is 0.334 e. The minimum absolute atomic E-state index is 0.00446. The van der Waals surface area contributed by atoms with Gasteiger partial charge in [-0.3, -0.25) is 0 Å². The van der Waals surface area contributed by atoms with Gasteiger partial charge in [0, 0.05) is 80.9 Å². The molecule has 11 aromatic rings. The van der Waals surface area contributed by atoms with Crippen molar-refractivity contribution in [3.05, 3.63) is 198 Å². The minimum atomic E-state index is -0.0757. The highest BCUT2D eigenvalue weighted by atomic mass is 32.1. The number of aryl methyl sites for hydroxylation is 3. The van der Waals surface area contributed by atoms with Gasteiger partial charge in [0.25, 0.3) is 6.71 Å². The van der Waals surface area contributed by atoms with E-state index >= 15 is 0 Å². The molecule has 0 N–H and O–H groups in total. The molecule has 6 heteroatoms. The summed E-state index contributed by atoms with van der Waals surface area (Å²) in [5.41, 5.74) is 22.1. The standard InChI is InChI=1S/C65H52BN3S2/c1-39-32-41(3)61-55(33-39)69(65(5)31-14-13-30-64(61,65)4)45-25-28-51-54(38-45)68(52-21-15-20-48-46-18-9-12-23-59(46)71-63(48)52)57-35-40(2)34-56-62(57)66(51)50-27-24-43(42-16-7-6-8-17-42)36-53(50)67(56)44-26-29-60-49(37-44)47-19-10-11-22-58(47)70-60/h6-12,15-29,32-38H,13-14,30-31H2,1-5H3. The predicted molar refractivity (Wildman–Crippen MR) is 309 cm³/mol. The van der Waals surface area contributed by atoms with E-state index < -0.39 is 0 Å². The van der Waals surface area contributed by atoms with E-state index in [2.05, 4.69) is 225 Å². The molecule has 2 unspecified atom stereocenters. The number of hydrogen-bond acceptors (Lipinski definition) is 5. The Morgan fingerprint density at radius 2 is 1.08 bits per heavy atom. The maximum atomic E-state index is 2.80. The Hall–Kier alpha value is -7.12. The van der Waals surface area contributed by atoms with Crippen LogP contribution in [-0.4, -0.2) is 12.3 Å². The Labute approximate surface area is 424 Å². The lowest BCUT2D eigenvalue weighted by Crippen LogP contribution is -2.61. The van der Waals surface area contributed by atoms with Crippen molar-refractivity contribution >= 4 is 132 Å². The third kappa shape index (κ3) is 5.72. The molecule has 0 saturated heterocycles. The van der Waals surface area contributed by atoms with Gasteiger partial charge in [0.2, 0.25) is 0 Å². The highest BCUT2D eigenvalue weighted by Crippen LogP contribution is 2.62. The van der Waals surface area contributed by atoms with Crippen molar-refractivity contribution in [2.45, 2.75) is 71.3 Å². The summed E-state index contributed by atoms with van der Waals surface area (Å²) in [5, 5.41) is 5.25. The molecule has 2 aromatic heterocycles. The lowest BCUT2D eigenvalue weighted by molar-refractivity contribution is 0.194. The van der Waals surface area contributed by atoms with Crippen LogP contribution in [-0.2, 0) is 5.41 Å². The Balaban J connectivity index is 1.03. The summed E-state index contributed by atoms with van der Waals surface area (Å²) in [6.45, 7) is 12.1. The topological polar surface area (TPSA) is 9.72 Å². The molecule has 0 radical (unpaired) electrons. The van der Waals surface area contributed by atoms with Gasteiger partial charge >= 0.3 is 0 Å². The lowest BCUT2D eigenvalue weighted by Gasteiger charge is -2.51. The predicted octanol–water partition coefficient (Wildman–Crippen LogP) is 16.8. The molecule has 1 aliphatic carbocycles. The summed E-state index contributed by atoms with van der Waals surface area (Å²) in [4.78, 5) is 8.07. The van der Waals surface area contributed by atoms with Crippen LogP contribution < -0.4 is 31.1 Å². The Kier molecular flexibility index (Phi) is 8.77. The molecule has 2 atom stereocenters. The van der Waals surface area contributed by atoms with Crippen LogP contribution in [0.2, 0.25) is 0 Å². The van der Waals surface area contributed by atoms with E-state index in [1.165, 1.54) is 149 Å². The van der Waals surface area contributed by atoms with E-state index in [9.17, 15) is 0 Å². The Morgan fingerprint density at radius 1 is 0.451 bits per heavy atom. The molecule has 3 nitrogen and oxygen atoms in total. The Bertz CT molecular complexity index is 4070. The van der Waals surface area contributed by atoms with Gasteiger partial charge in [-0.25, -0.2) is 0 Å². The molecule has 3 aliphatic heterocycles. The number of thiophene rings is 2. The van der Waals surface area contributed by atoms with E-state index in [0.717, 1.165) is 6.42 Å². The number of anilines is 8. The molecule has 342 valence electrons. The zero-order valence-electron chi connectivity index (χ0n) is 40.8. The van der Waals surface area contributed by atoms with Gasteiger partial charge in [-0.05, 0) is 163 Å². The first kappa shape index (κ1) is 41.6. The van der Waals surface area contributed by atoms with Crippen LogP contribution in [0.15, 0.2) is 176 Å². The number of benzene rings is 9. The normalized spacial score (nSPS) is 18.8. The third-order valence-corrected chi connectivity index (χ3v) is 19.7. The van der Waals surface area contributed by atoms with Crippen LogP contribution in [0.5, 0.6) is 0 Å². The zero-order valence-corrected chi connectivity index (χ0v) is 42.4. The molecule has 15 rings (SSSR count). The van der Waals surface area contributed by atoms with Crippen LogP contribution in [0.4, 0.5) is 45.5 Å². The number of fused-ring (bicyclic) bond motifs is 13. The quantitative estimate of drug-likeness (QED) is 0.163. The molecule has 1 fully saturated rings. The van der Waals surface area contributed by atoms with Crippen LogP contribution in [0.3, 0.4) is 0 Å². The SMILES string of the molecule is Cc1cc2c3c(c1)N(c1cccc4c1sc1ccccc14)c1cc(N4c5cc(C)cc(C)c5C5(C)CCCCC45C)ccc1B3c1ccc(-c3ccccc3)cc1N2c1ccc2sc3ccccc3c2c1. The van der Waals surface area contributed by atoms with Gasteiger partial charge in [-0.1, -0.05) is 123 Å². The van der Waals surface area contributed by atoms with E-state index in [-0.39, 0.29) is 17.7 Å². The number of nitrogens with zero attached hydrogens (tertiary/aromatic N) is 3. The second kappa shape index (κ2) is 15.0. The molecule has 71 heavy (non-hydrogen) atoms. The van der Waals surface area contributed by atoms with E-state index in [0.29, 0.717) is 0 Å². The molecule has 4 aliphatic rings. The fourth-order valence-corrected chi connectivity index (χ4v) is 16.4. The minimum Gasteiger partial charge on any atom is -0.334 e. The molecule has 0 bridgehead atoms. The maximum absolute atomic E-state index is 2.80. The molecule has 0 spiro atoms. The average Bonchev–Trinajstić information content (AvgIpc) is 4.02. The van der Waals surface area contributed by atoms with Crippen molar-refractivity contribution in [3.8, 4) is 11.1 Å². The monoisotopic (exact) mass is 949 g/mol. The fraction of sp³-hybridized carbons (Fsp3) is 0.169. The van der Waals surface area contributed by atoms with Gasteiger partial charge < -0.3 is 14.7 Å². The summed E-state index contributed by atoms with van der Waals surface area (Å²) in [6, 6.07) is 67.7. The second-order valence-corrected chi connectivity index (χ2v) is 23.5. The molecular weight excluding hydrogens is 898 g/mol. The van der Waals surface area contributed by atoms with Crippen molar-refractivity contribution in [2.24, 2.45) is 0 Å². The van der Waals surface area contributed by atoms with E-state index in [1.807, 2.05) is 22.7 Å². The van der Waals surface area contributed by atoms with Crippen LogP contribution in [0, 0.1) is 20.8 Å². The lowest BCUT2D eigenvalue weighted by atomic mass is 9.33. The van der Waals surface area contributed by atoms with Crippen molar-refractivity contribution < 1.29 is 0 Å². The third-order valence-electron chi connectivity index (χ3n) is 17.3. The highest BCUT2D eigenvalue weighted by Gasteiger charge is 2.58. The summed E-state index contributed by atoms with van der Waals surface area (Å²) >= 11 is 3.81. The fourth-order valence-electron chi connectivity index (χ4n) is 14.1. The summed E-state index contributed by atoms with van der Waals surface area (Å²) in [5.74, 6) is 0. The van der Waals surface area contributed by atoms with Crippen LogP contribution in [0.1, 0.15) is 61.8 Å². The maximum Gasteiger partial charge on any atom is 0.252 e.